The number of halogens is 2. The van der Waals surface area contributed by atoms with E-state index in [1.165, 1.54) is 7.11 Å². The van der Waals surface area contributed by atoms with Crippen molar-refractivity contribution < 1.29 is 9.53 Å². The lowest BCUT2D eigenvalue weighted by Crippen LogP contribution is -2.48. The maximum atomic E-state index is 12.4. The van der Waals surface area contributed by atoms with Gasteiger partial charge in [-0.3, -0.25) is 4.79 Å². The summed E-state index contributed by atoms with van der Waals surface area (Å²) in [5.41, 5.74) is 0.505. The van der Waals surface area contributed by atoms with Crippen molar-refractivity contribution in [1.29, 1.82) is 0 Å². The van der Waals surface area contributed by atoms with E-state index >= 15 is 0 Å². The molecule has 0 spiro atoms. The van der Waals surface area contributed by atoms with E-state index in [-0.39, 0.29) is 5.91 Å². The average molecular weight is 317 g/mol. The van der Waals surface area contributed by atoms with Crippen molar-refractivity contribution in [2.24, 2.45) is 0 Å². The molecule has 0 aliphatic carbocycles. The number of amides is 1. The molecular formula is C14H18Cl2N2O2. The quantitative estimate of drug-likeness (QED) is 0.859. The molecule has 1 aromatic rings. The monoisotopic (exact) mass is 316 g/mol. The van der Waals surface area contributed by atoms with Crippen molar-refractivity contribution in [2.45, 2.75) is 6.92 Å². The molecule has 110 valence electrons. The second-order valence-electron chi connectivity index (χ2n) is 4.70. The molecule has 0 unspecified atom stereocenters. The molecule has 0 bridgehead atoms. The highest BCUT2D eigenvalue weighted by Crippen LogP contribution is 2.34. The lowest BCUT2D eigenvalue weighted by Gasteiger charge is -2.34. The molecule has 1 heterocycles. The highest BCUT2D eigenvalue weighted by atomic mass is 35.5. The molecule has 1 saturated heterocycles. The van der Waals surface area contributed by atoms with Gasteiger partial charge in [0.1, 0.15) is 0 Å². The van der Waals surface area contributed by atoms with Crippen LogP contribution in [-0.2, 0) is 0 Å². The van der Waals surface area contributed by atoms with Crippen molar-refractivity contribution in [3.05, 3.63) is 27.7 Å². The first-order chi connectivity index (χ1) is 9.56. The largest absolute Gasteiger partial charge is 0.494 e. The molecule has 0 atom stereocenters. The van der Waals surface area contributed by atoms with Gasteiger partial charge < -0.3 is 14.5 Å². The lowest BCUT2D eigenvalue weighted by atomic mass is 10.1. The van der Waals surface area contributed by atoms with Gasteiger partial charge in [0.25, 0.3) is 5.91 Å². The summed E-state index contributed by atoms with van der Waals surface area (Å²) in [4.78, 5) is 16.6. The Morgan fingerprint density at radius 3 is 2.20 bits per heavy atom. The van der Waals surface area contributed by atoms with E-state index in [1.54, 1.807) is 12.1 Å². The van der Waals surface area contributed by atoms with E-state index in [1.807, 2.05) is 4.90 Å². The first-order valence-corrected chi connectivity index (χ1v) is 7.37. The summed E-state index contributed by atoms with van der Waals surface area (Å²) in [6.07, 6.45) is 0. The Labute approximate surface area is 129 Å². The normalized spacial score (nSPS) is 16.3. The summed E-state index contributed by atoms with van der Waals surface area (Å²) in [7, 11) is 1.50. The van der Waals surface area contributed by atoms with E-state index in [9.17, 15) is 4.79 Å². The van der Waals surface area contributed by atoms with Gasteiger partial charge in [0.05, 0.1) is 17.2 Å². The van der Waals surface area contributed by atoms with Crippen molar-refractivity contribution in [3.63, 3.8) is 0 Å². The molecule has 2 rings (SSSR count). The number of nitrogens with zero attached hydrogens (tertiary/aromatic N) is 2. The topological polar surface area (TPSA) is 32.8 Å². The lowest BCUT2D eigenvalue weighted by molar-refractivity contribution is 0.0643. The number of benzene rings is 1. The Kier molecular flexibility index (Phi) is 5.13. The molecule has 0 radical (unpaired) electrons. The summed E-state index contributed by atoms with van der Waals surface area (Å²) in [6.45, 7) is 6.41. The number of ether oxygens (including phenoxy) is 1. The molecule has 0 N–H and O–H groups in total. The highest BCUT2D eigenvalue weighted by molar-refractivity contribution is 6.37. The first kappa shape index (κ1) is 15.4. The van der Waals surface area contributed by atoms with Gasteiger partial charge in [0.15, 0.2) is 5.75 Å². The Balaban J connectivity index is 2.14. The van der Waals surface area contributed by atoms with Crippen LogP contribution in [0.5, 0.6) is 5.75 Å². The molecule has 1 aliphatic heterocycles. The minimum atomic E-state index is -0.0350. The fraction of sp³-hybridized carbons (Fsp3) is 0.500. The zero-order chi connectivity index (χ0) is 14.7. The van der Waals surface area contributed by atoms with E-state index in [4.69, 9.17) is 27.9 Å². The van der Waals surface area contributed by atoms with Crippen LogP contribution >= 0.6 is 23.2 Å². The zero-order valence-electron chi connectivity index (χ0n) is 11.7. The number of hydrogen-bond acceptors (Lipinski definition) is 3. The number of likely N-dealkylation sites (N-methyl/N-ethyl adjacent to an activating group) is 1. The number of rotatable bonds is 3. The molecule has 0 aromatic heterocycles. The fourth-order valence-electron chi connectivity index (χ4n) is 2.33. The standard InChI is InChI=1S/C14H18Cl2N2O2/c1-3-17-4-6-18(7-5-17)14(19)10-8-11(15)13(20-2)12(16)9-10/h8-9H,3-7H2,1-2H3. The first-order valence-electron chi connectivity index (χ1n) is 6.61. The van der Waals surface area contributed by atoms with Gasteiger partial charge in [0.2, 0.25) is 0 Å². The molecule has 6 heteroatoms. The third-order valence-corrected chi connectivity index (χ3v) is 4.12. The zero-order valence-corrected chi connectivity index (χ0v) is 13.2. The predicted molar refractivity (Wildman–Crippen MR) is 81.0 cm³/mol. The number of methoxy groups -OCH3 is 1. The van der Waals surface area contributed by atoms with Crippen LogP contribution in [0.1, 0.15) is 17.3 Å². The number of hydrogen-bond donors (Lipinski definition) is 0. The summed E-state index contributed by atoms with van der Waals surface area (Å²) < 4.78 is 5.09. The molecule has 20 heavy (non-hydrogen) atoms. The highest BCUT2D eigenvalue weighted by Gasteiger charge is 2.22. The van der Waals surface area contributed by atoms with Gasteiger partial charge in [0, 0.05) is 31.7 Å². The maximum Gasteiger partial charge on any atom is 0.254 e. The minimum Gasteiger partial charge on any atom is -0.494 e. The second-order valence-corrected chi connectivity index (χ2v) is 5.51. The van der Waals surface area contributed by atoms with Crippen molar-refractivity contribution >= 4 is 29.1 Å². The third-order valence-electron chi connectivity index (χ3n) is 3.56. The number of carbonyl (C=O) groups excluding carboxylic acids is 1. The van der Waals surface area contributed by atoms with Gasteiger partial charge in [-0.15, -0.1) is 0 Å². The van der Waals surface area contributed by atoms with E-state index in [0.717, 1.165) is 32.7 Å². The van der Waals surface area contributed by atoms with E-state index in [2.05, 4.69) is 11.8 Å². The molecule has 0 saturated carbocycles. The van der Waals surface area contributed by atoms with Gasteiger partial charge in [-0.2, -0.15) is 0 Å². The molecule has 1 aromatic carbocycles. The van der Waals surface area contributed by atoms with Crippen LogP contribution in [0, 0.1) is 0 Å². The average Bonchev–Trinajstić information content (AvgIpc) is 2.46. The van der Waals surface area contributed by atoms with Crippen LogP contribution in [0.15, 0.2) is 12.1 Å². The molecular weight excluding hydrogens is 299 g/mol. The Hall–Kier alpha value is -0.970. The van der Waals surface area contributed by atoms with Crippen LogP contribution < -0.4 is 4.74 Å². The van der Waals surface area contributed by atoms with Crippen LogP contribution in [0.25, 0.3) is 0 Å². The van der Waals surface area contributed by atoms with Crippen LogP contribution in [0.2, 0.25) is 10.0 Å². The Morgan fingerprint density at radius 2 is 1.75 bits per heavy atom. The van der Waals surface area contributed by atoms with Gasteiger partial charge >= 0.3 is 0 Å². The fourth-order valence-corrected chi connectivity index (χ4v) is 2.97. The maximum absolute atomic E-state index is 12.4. The van der Waals surface area contributed by atoms with Crippen LogP contribution in [0.4, 0.5) is 0 Å². The number of carbonyl (C=O) groups is 1. The van der Waals surface area contributed by atoms with E-state index in [0.29, 0.717) is 21.4 Å². The summed E-state index contributed by atoms with van der Waals surface area (Å²) in [5, 5.41) is 0.714. The Morgan fingerprint density at radius 1 is 1.20 bits per heavy atom. The molecule has 1 aliphatic rings. The summed E-state index contributed by atoms with van der Waals surface area (Å²) in [6, 6.07) is 3.22. The SMILES string of the molecule is CCN1CCN(C(=O)c2cc(Cl)c(OC)c(Cl)c2)CC1. The van der Waals surface area contributed by atoms with Crippen molar-refractivity contribution in [3.8, 4) is 5.75 Å². The van der Waals surface area contributed by atoms with Crippen LogP contribution in [-0.4, -0.2) is 55.5 Å². The molecule has 1 amide bonds. The molecule has 4 nitrogen and oxygen atoms in total. The van der Waals surface area contributed by atoms with Gasteiger partial charge in [-0.05, 0) is 18.7 Å². The summed E-state index contributed by atoms with van der Waals surface area (Å²) >= 11 is 12.2. The Bertz CT molecular complexity index is 477. The second kappa shape index (κ2) is 6.66. The molecule has 1 fully saturated rings. The van der Waals surface area contributed by atoms with Crippen molar-refractivity contribution in [1.82, 2.24) is 9.80 Å². The number of piperazine rings is 1. The minimum absolute atomic E-state index is 0.0350. The van der Waals surface area contributed by atoms with Crippen LogP contribution in [0.3, 0.4) is 0 Å². The third kappa shape index (κ3) is 3.19. The van der Waals surface area contributed by atoms with Crippen molar-refractivity contribution in [2.75, 3.05) is 39.8 Å². The predicted octanol–water partition coefficient (Wildman–Crippen LogP) is 2.78. The summed E-state index contributed by atoms with van der Waals surface area (Å²) in [5.74, 6) is 0.368. The smallest absolute Gasteiger partial charge is 0.254 e. The van der Waals surface area contributed by atoms with Gasteiger partial charge in [-0.1, -0.05) is 30.1 Å². The van der Waals surface area contributed by atoms with E-state index < -0.39 is 0 Å². The van der Waals surface area contributed by atoms with Gasteiger partial charge in [-0.25, -0.2) is 0 Å².